The van der Waals surface area contributed by atoms with Gasteiger partial charge in [0.15, 0.2) is 9.84 Å². The molecular weight excluding hydrogens is 366 g/mol. The lowest BCUT2D eigenvalue weighted by Crippen LogP contribution is -2.52. The molecule has 1 aliphatic carbocycles. The second-order valence-corrected chi connectivity index (χ2v) is 10.1. The van der Waals surface area contributed by atoms with Crippen LogP contribution >= 0.6 is 0 Å². The van der Waals surface area contributed by atoms with Crippen LogP contribution in [0.4, 0.5) is 5.69 Å². The first-order chi connectivity index (χ1) is 12.9. The molecule has 1 amide bonds. The molecule has 2 saturated heterocycles. The molecule has 1 aromatic carbocycles. The van der Waals surface area contributed by atoms with Gasteiger partial charge in [0, 0.05) is 38.3 Å². The van der Waals surface area contributed by atoms with Crippen LogP contribution in [0.2, 0.25) is 0 Å². The maximum atomic E-state index is 12.9. The van der Waals surface area contributed by atoms with Gasteiger partial charge < -0.3 is 14.9 Å². The van der Waals surface area contributed by atoms with Gasteiger partial charge in [0.2, 0.25) is 5.91 Å². The fourth-order valence-corrected chi connectivity index (χ4v) is 5.92. The van der Waals surface area contributed by atoms with Crippen LogP contribution in [-0.2, 0) is 14.6 Å². The van der Waals surface area contributed by atoms with Gasteiger partial charge >= 0.3 is 0 Å². The van der Waals surface area contributed by atoms with Gasteiger partial charge in [0.25, 0.3) is 0 Å². The van der Waals surface area contributed by atoms with E-state index >= 15 is 0 Å². The smallest absolute Gasteiger partial charge is 0.237 e. The number of hydrogen-bond donors (Lipinski definition) is 1. The SMILES string of the molecule is O=C(CN1CCN(c2ccccc2O)CC1)N(C1CC1)[C@H]1CCS(=O)(=O)C1. The Kier molecular flexibility index (Phi) is 5.03. The van der Waals surface area contributed by atoms with Crippen molar-refractivity contribution >= 4 is 21.4 Å². The van der Waals surface area contributed by atoms with Crippen LogP contribution < -0.4 is 4.90 Å². The highest BCUT2D eigenvalue weighted by atomic mass is 32.2. The molecule has 1 aromatic rings. The summed E-state index contributed by atoms with van der Waals surface area (Å²) in [7, 11) is -2.99. The summed E-state index contributed by atoms with van der Waals surface area (Å²) in [4.78, 5) is 19.1. The molecule has 0 aromatic heterocycles. The van der Waals surface area contributed by atoms with E-state index < -0.39 is 9.84 Å². The largest absolute Gasteiger partial charge is 0.506 e. The summed E-state index contributed by atoms with van der Waals surface area (Å²) in [6.07, 6.45) is 2.55. The van der Waals surface area contributed by atoms with Gasteiger partial charge in [-0.05, 0) is 31.4 Å². The Labute approximate surface area is 160 Å². The number of sulfone groups is 1. The Balaban J connectivity index is 1.34. The zero-order valence-electron chi connectivity index (χ0n) is 15.5. The molecule has 8 heteroatoms. The van der Waals surface area contributed by atoms with Crippen LogP contribution in [0.15, 0.2) is 24.3 Å². The molecule has 4 rings (SSSR count). The molecule has 3 aliphatic rings. The minimum atomic E-state index is -2.99. The number of hydrogen-bond acceptors (Lipinski definition) is 6. The zero-order chi connectivity index (χ0) is 19.0. The van der Waals surface area contributed by atoms with Crippen molar-refractivity contribution in [1.29, 1.82) is 0 Å². The first kappa shape index (κ1) is 18.6. The number of phenolic OH excluding ortho intramolecular Hbond substituents is 1. The third-order valence-corrected chi connectivity index (χ3v) is 7.53. The van der Waals surface area contributed by atoms with E-state index in [2.05, 4.69) is 9.80 Å². The van der Waals surface area contributed by atoms with Crippen molar-refractivity contribution < 1.29 is 18.3 Å². The number of aromatic hydroxyl groups is 1. The van der Waals surface area contributed by atoms with Crippen LogP contribution in [-0.4, -0.2) is 85.5 Å². The number of amides is 1. The summed E-state index contributed by atoms with van der Waals surface area (Å²) in [5, 5.41) is 10.0. The predicted molar refractivity (Wildman–Crippen MR) is 104 cm³/mol. The average Bonchev–Trinajstić information content (AvgIpc) is 3.39. The highest BCUT2D eigenvalue weighted by Crippen LogP contribution is 2.32. The molecular formula is C19H27N3O4S. The van der Waals surface area contributed by atoms with Gasteiger partial charge in [0.05, 0.1) is 23.7 Å². The average molecular weight is 394 g/mol. The Morgan fingerprint density at radius 2 is 1.78 bits per heavy atom. The van der Waals surface area contributed by atoms with E-state index in [4.69, 9.17) is 0 Å². The van der Waals surface area contributed by atoms with Gasteiger partial charge in [-0.2, -0.15) is 0 Å². The van der Waals surface area contributed by atoms with E-state index in [-0.39, 0.29) is 35.2 Å². The molecule has 0 unspecified atom stereocenters. The van der Waals surface area contributed by atoms with Gasteiger partial charge in [-0.15, -0.1) is 0 Å². The molecule has 3 fully saturated rings. The zero-order valence-corrected chi connectivity index (χ0v) is 16.3. The summed E-state index contributed by atoms with van der Waals surface area (Å²) in [6, 6.07) is 7.41. The minimum Gasteiger partial charge on any atom is -0.506 e. The Hall–Kier alpha value is -1.80. The van der Waals surface area contributed by atoms with Gasteiger partial charge in [-0.1, -0.05) is 12.1 Å². The number of piperazine rings is 1. The molecule has 27 heavy (non-hydrogen) atoms. The van der Waals surface area contributed by atoms with Gasteiger partial charge in [-0.25, -0.2) is 8.42 Å². The minimum absolute atomic E-state index is 0.0654. The van der Waals surface area contributed by atoms with E-state index in [1.165, 1.54) is 0 Å². The highest BCUT2D eigenvalue weighted by molar-refractivity contribution is 7.91. The maximum Gasteiger partial charge on any atom is 0.237 e. The number of anilines is 1. The van der Waals surface area contributed by atoms with Crippen molar-refractivity contribution in [3.63, 3.8) is 0 Å². The number of benzene rings is 1. The lowest BCUT2D eigenvalue weighted by molar-refractivity contribution is -0.135. The molecule has 148 valence electrons. The number of phenols is 1. The molecule has 2 aliphatic heterocycles. The molecule has 0 spiro atoms. The number of carbonyl (C=O) groups is 1. The van der Waals surface area contributed by atoms with E-state index in [9.17, 15) is 18.3 Å². The lowest BCUT2D eigenvalue weighted by Gasteiger charge is -2.37. The van der Waals surface area contributed by atoms with E-state index in [0.717, 1.165) is 44.7 Å². The summed E-state index contributed by atoms with van der Waals surface area (Å²) in [5.74, 6) is 0.670. The van der Waals surface area contributed by atoms with E-state index in [1.807, 2.05) is 23.1 Å². The van der Waals surface area contributed by atoms with E-state index in [1.54, 1.807) is 6.07 Å². The monoisotopic (exact) mass is 393 g/mol. The summed E-state index contributed by atoms with van der Waals surface area (Å²) >= 11 is 0. The topological polar surface area (TPSA) is 81.2 Å². The van der Waals surface area contributed by atoms with Gasteiger partial charge in [0.1, 0.15) is 5.75 Å². The first-order valence-corrected chi connectivity index (χ1v) is 11.5. The number of rotatable bonds is 5. The van der Waals surface area contributed by atoms with Crippen LogP contribution in [0.25, 0.3) is 0 Å². The third-order valence-electron chi connectivity index (χ3n) is 5.78. The quantitative estimate of drug-likeness (QED) is 0.793. The van der Waals surface area contributed by atoms with Crippen molar-refractivity contribution in [2.24, 2.45) is 0 Å². The molecule has 2 heterocycles. The molecule has 7 nitrogen and oxygen atoms in total. The summed E-state index contributed by atoms with van der Waals surface area (Å²) < 4.78 is 23.7. The molecule has 1 atom stereocenters. The normalized spacial score (nSPS) is 25.5. The second kappa shape index (κ2) is 7.31. The Bertz CT molecular complexity index is 801. The molecule has 1 N–H and O–H groups in total. The van der Waals surface area contributed by atoms with Crippen LogP contribution in [0.5, 0.6) is 5.75 Å². The van der Waals surface area contributed by atoms with Crippen molar-refractivity contribution in [3.8, 4) is 5.75 Å². The van der Waals surface area contributed by atoms with Crippen LogP contribution in [0, 0.1) is 0 Å². The molecule has 0 bridgehead atoms. The lowest BCUT2D eigenvalue weighted by atomic mass is 10.2. The molecule has 1 saturated carbocycles. The van der Waals surface area contributed by atoms with Crippen molar-refractivity contribution in [3.05, 3.63) is 24.3 Å². The number of nitrogens with zero attached hydrogens (tertiary/aromatic N) is 3. The highest BCUT2D eigenvalue weighted by Gasteiger charge is 2.42. The Morgan fingerprint density at radius 3 is 2.37 bits per heavy atom. The maximum absolute atomic E-state index is 12.9. The fourth-order valence-electron chi connectivity index (χ4n) is 4.20. The predicted octanol–water partition coefficient (Wildman–Crippen LogP) is 0.692. The second-order valence-electron chi connectivity index (χ2n) is 7.84. The van der Waals surface area contributed by atoms with Crippen molar-refractivity contribution in [1.82, 2.24) is 9.80 Å². The van der Waals surface area contributed by atoms with Gasteiger partial charge in [-0.3, -0.25) is 9.69 Å². The standard InChI is InChI=1S/C19H27N3O4S/c23-18-4-2-1-3-17(18)21-10-8-20(9-11-21)13-19(24)22(15-5-6-15)16-7-12-27(25,26)14-16/h1-4,15-16,23H,5-14H2/t16-/m0/s1. The van der Waals surface area contributed by atoms with Crippen molar-refractivity contribution in [2.45, 2.75) is 31.3 Å². The number of carbonyl (C=O) groups excluding carboxylic acids is 1. The Morgan fingerprint density at radius 1 is 1.07 bits per heavy atom. The fraction of sp³-hybridized carbons (Fsp3) is 0.632. The first-order valence-electron chi connectivity index (χ1n) is 9.70. The number of para-hydroxylation sites is 2. The third kappa shape index (κ3) is 4.21. The van der Waals surface area contributed by atoms with Crippen molar-refractivity contribution in [2.75, 3.05) is 49.1 Å². The van der Waals surface area contributed by atoms with Crippen LogP contribution in [0.3, 0.4) is 0 Å². The summed E-state index contributed by atoms with van der Waals surface area (Å²) in [6.45, 7) is 3.36. The summed E-state index contributed by atoms with van der Waals surface area (Å²) in [5.41, 5.74) is 0.833. The van der Waals surface area contributed by atoms with Crippen LogP contribution in [0.1, 0.15) is 19.3 Å². The van der Waals surface area contributed by atoms with E-state index in [0.29, 0.717) is 13.0 Å². The molecule has 0 radical (unpaired) electrons.